The molecule has 2 N–H and O–H groups in total. The average Bonchev–Trinajstić information content (AvgIpc) is 2.63. The highest BCUT2D eigenvalue weighted by Gasteiger charge is 2.32. The number of aliphatic hydroxyl groups is 1. The lowest BCUT2D eigenvalue weighted by Crippen LogP contribution is -2.45. The molecule has 4 heteroatoms. The summed E-state index contributed by atoms with van der Waals surface area (Å²) in [5, 5.41) is 13.1. The molecular formula is C10H20N2O2. The number of ether oxygens (including phenoxy) is 1. The van der Waals surface area contributed by atoms with Crippen molar-refractivity contribution in [1.82, 2.24) is 10.2 Å². The number of nitrogens with zero attached hydrogens (tertiary/aromatic N) is 1. The highest BCUT2D eigenvalue weighted by atomic mass is 16.5. The number of rotatable bonds is 2. The van der Waals surface area contributed by atoms with Gasteiger partial charge in [-0.25, -0.2) is 0 Å². The van der Waals surface area contributed by atoms with Crippen LogP contribution in [0.25, 0.3) is 0 Å². The van der Waals surface area contributed by atoms with Crippen LogP contribution in [0.2, 0.25) is 0 Å². The van der Waals surface area contributed by atoms with E-state index >= 15 is 0 Å². The first-order valence-electron chi connectivity index (χ1n) is 5.39. The molecule has 82 valence electrons. The maximum Gasteiger partial charge on any atom is 0.0948 e. The van der Waals surface area contributed by atoms with Crippen LogP contribution in [0.15, 0.2) is 0 Å². The van der Waals surface area contributed by atoms with Crippen LogP contribution in [0.4, 0.5) is 0 Å². The molecule has 0 radical (unpaired) electrons. The molecule has 2 rings (SSSR count). The van der Waals surface area contributed by atoms with Crippen LogP contribution in [-0.2, 0) is 4.74 Å². The van der Waals surface area contributed by atoms with Gasteiger partial charge < -0.3 is 20.1 Å². The molecule has 4 atom stereocenters. The Morgan fingerprint density at radius 3 is 2.71 bits per heavy atom. The molecule has 2 aliphatic rings. The fourth-order valence-corrected chi connectivity index (χ4v) is 2.32. The largest absolute Gasteiger partial charge is 0.389 e. The molecule has 0 spiro atoms. The van der Waals surface area contributed by atoms with Gasteiger partial charge in [-0.05, 0) is 20.4 Å². The molecule has 0 aromatic carbocycles. The first-order chi connectivity index (χ1) is 6.66. The van der Waals surface area contributed by atoms with Gasteiger partial charge in [-0.15, -0.1) is 0 Å². The van der Waals surface area contributed by atoms with E-state index in [-0.39, 0.29) is 12.1 Å². The second kappa shape index (κ2) is 4.14. The van der Waals surface area contributed by atoms with Crippen molar-refractivity contribution in [3.63, 3.8) is 0 Å². The predicted molar refractivity (Wildman–Crippen MR) is 54.2 cm³/mol. The maximum absolute atomic E-state index is 9.58. The van der Waals surface area contributed by atoms with Gasteiger partial charge in [0.2, 0.25) is 0 Å². The van der Waals surface area contributed by atoms with E-state index in [1.54, 1.807) is 0 Å². The Kier molecular flexibility index (Phi) is 3.07. The Hall–Kier alpha value is -0.160. The summed E-state index contributed by atoms with van der Waals surface area (Å²) in [4.78, 5) is 2.35. The standard InChI is InChI=1S/C10H20N2O2/c1-7-3-8(4-12(7)2)11-9-5-14-6-10(9)13/h7-11,13H,3-6H2,1-2H3. The second-order valence-corrected chi connectivity index (χ2v) is 4.60. The van der Waals surface area contributed by atoms with E-state index in [9.17, 15) is 5.11 Å². The monoisotopic (exact) mass is 200 g/mol. The van der Waals surface area contributed by atoms with Crippen LogP contribution in [0, 0.1) is 0 Å². The lowest BCUT2D eigenvalue weighted by molar-refractivity contribution is 0.121. The van der Waals surface area contributed by atoms with Crippen molar-refractivity contribution in [2.75, 3.05) is 26.8 Å². The van der Waals surface area contributed by atoms with Crippen molar-refractivity contribution in [2.24, 2.45) is 0 Å². The van der Waals surface area contributed by atoms with Gasteiger partial charge in [-0.1, -0.05) is 0 Å². The summed E-state index contributed by atoms with van der Waals surface area (Å²) in [7, 11) is 2.15. The van der Waals surface area contributed by atoms with Gasteiger partial charge in [0.1, 0.15) is 0 Å². The van der Waals surface area contributed by atoms with E-state index in [4.69, 9.17) is 4.74 Å². The van der Waals surface area contributed by atoms with Gasteiger partial charge in [0.05, 0.1) is 25.4 Å². The van der Waals surface area contributed by atoms with Crippen LogP contribution < -0.4 is 5.32 Å². The number of hydrogen-bond acceptors (Lipinski definition) is 4. The molecule has 0 aromatic heterocycles. The summed E-state index contributed by atoms with van der Waals surface area (Å²) >= 11 is 0. The lowest BCUT2D eigenvalue weighted by atomic mass is 10.1. The molecule has 2 heterocycles. The quantitative estimate of drug-likeness (QED) is 0.626. The Morgan fingerprint density at radius 1 is 1.43 bits per heavy atom. The molecular weight excluding hydrogens is 180 g/mol. The van der Waals surface area contributed by atoms with Gasteiger partial charge in [-0.3, -0.25) is 0 Å². The molecule has 14 heavy (non-hydrogen) atoms. The fraction of sp³-hybridized carbons (Fsp3) is 1.00. The van der Waals surface area contributed by atoms with Crippen LogP contribution >= 0.6 is 0 Å². The normalized spacial score (nSPS) is 44.8. The minimum Gasteiger partial charge on any atom is -0.389 e. The minimum atomic E-state index is -0.323. The van der Waals surface area contributed by atoms with Crippen LogP contribution in [-0.4, -0.2) is 61.0 Å². The summed E-state index contributed by atoms with van der Waals surface area (Å²) in [6.45, 7) is 4.44. The highest BCUT2D eigenvalue weighted by molar-refractivity contribution is 4.90. The maximum atomic E-state index is 9.58. The summed E-state index contributed by atoms with van der Waals surface area (Å²) in [6, 6.07) is 1.29. The van der Waals surface area contributed by atoms with Crippen molar-refractivity contribution in [2.45, 2.75) is 37.6 Å². The van der Waals surface area contributed by atoms with E-state index in [0.717, 1.165) is 6.54 Å². The first-order valence-corrected chi connectivity index (χ1v) is 5.39. The summed E-state index contributed by atoms with van der Waals surface area (Å²) in [5.74, 6) is 0. The van der Waals surface area contributed by atoms with Gasteiger partial charge in [0.25, 0.3) is 0 Å². The SMILES string of the molecule is CC1CC(NC2COCC2O)CN1C. The first kappa shape index (κ1) is 10.4. The van der Waals surface area contributed by atoms with Crippen LogP contribution in [0.1, 0.15) is 13.3 Å². The van der Waals surface area contributed by atoms with Gasteiger partial charge in [0.15, 0.2) is 0 Å². The van der Waals surface area contributed by atoms with E-state index in [1.165, 1.54) is 6.42 Å². The van der Waals surface area contributed by atoms with Gasteiger partial charge in [-0.2, -0.15) is 0 Å². The molecule has 4 nitrogen and oxygen atoms in total. The topological polar surface area (TPSA) is 44.7 Å². The molecule has 4 unspecified atom stereocenters. The molecule has 0 aliphatic carbocycles. The van der Waals surface area contributed by atoms with Crippen molar-refractivity contribution in [1.29, 1.82) is 0 Å². The number of nitrogens with one attached hydrogen (secondary N) is 1. The molecule has 0 amide bonds. The third-order valence-electron chi connectivity index (χ3n) is 3.39. The molecule has 2 saturated heterocycles. The number of likely N-dealkylation sites (tertiary alicyclic amines) is 1. The zero-order valence-corrected chi connectivity index (χ0v) is 8.94. The van der Waals surface area contributed by atoms with Crippen molar-refractivity contribution >= 4 is 0 Å². The summed E-state index contributed by atoms with van der Waals surface area (Å²) in [6.07, 6.45) is 0.843. The van der Waals surface area contributed by atoms with Crippen LogP contribution in [0.5, 0.6) is 0 Å². The Morgan fingerprint density at radius 2 is 2.21 bits per heavy atom. The predicted octanol–water partition coefficient (Wildman–Crippen LogP) is -0.572. The Bertz CT molecular complexity index is 191. The molecule has 0 aromatic rings. The van der Waals surface area contributed by atoms with E-state index in [1.807, 2.05) is 0 Å². The Balaban J connectivity index is 1.81. The average molecular weight is 200 g/mol. The van der Waals surface area contributed by atoms with Crippen molar-refractivity contribution in [3.05, 3.63) is 0 Å². The number of hydrogen-bond donors (Lipinski definition) is 2. The summed E-state index contributed by atoms with van der Waals surface area (Å²) < 4.78 is 5.21. The zero-order chi connectivity index (χ0) is 10.1. The van der Waals surface area contributed by atoms with E-state index in [0.29, 0.717) is 25.3 Å². The lowest BCUT2D eigenvalue weighted by Gasteiger charge is -2.19. The Labute approximate surface area is 85.2 Å². The number of aliphatic hydroxyl groups excluding tert-OH is 1. The van der Waals surface area contributed by atoms with Crippen molar-refractivity contribution < 1.29 is 9.84 Å². The van der Waals surface area contributed by atoms with Gasteiger partial charge >= 0.3 is 0 Å². The third kappa shape index (κ3) is 2.08. The molecule has 0 saturated carbocycles. The highest BCUT2D eigenvalue weighted by Crippen LogP contribution is 2.17. The summed E-state index contributed by atoms with van der Waals surface area (Å²) in [5.41, 5.74) is 0. The van der Waals surface area contributed by atoms with Crippen molar-refractivity contribution in [3.8, 4) is 0 Å². The van der Waals surface area contributed by atoms with E-state index < -0.39 is 0 Å². The fourth-order valence-electron chi connectivity index (χ4n) is 2.32. The molecule has 0 bridgehead atoms. The minimum absolute atomic E-state index is 0.138. The zero-order valence-electron chi connectivity index (χ0n) is 8.94. The second-order valence-electron chi connectivity index (χ2n) is 4.60. The smallest absolute Gasteiger partial charge is 0.0948 e. The molecule has 2 aliphatic heterocycles. The van der Waals surface area contributed by atoms with Gasteiger partial charge in [0, 0.05) is 18.6 Å². The number of likely N-dealkylation sites (N-methyl/N-ethyl adjacent to an activating group) is 1. The van der Waals surface area contributed by atoms with E-state index in [2.05, 4.69) is 24.2 Å². The van der Waals surface area contributed by atoms with Crippen LogP contribution in [0.3, 0.4) is 0 Å². The molecule has 2 fully saturated rings. The third-order valence-corrected chi connectivity index (χ3v) is 3.39.